The number of aromatic nitrogens is 1. The van der Waals surface area contributed by atoms with Gasteiger partial charge in [0.15, 0.2) is 0 Å². The summed E-state index contributed by atoms with van der Waals surface area (Å²) < 4.78 is 0. The third-order valence-corrected chi connectivity index (χ3v) is 5.27. The normalized spacial score (nSPS) is 15.9. The molecule has 0 bridgehead atoms. The van der Waals surface area contributed by atoms with E-state index in [0.29, 0.717) is 13.1 Å². The van der Waals surface area contributed by atoms with Crippen LogP contribution in [0.15, 0.2) is 54.9 Å². The van der Waals surface area contributed by atoms with Gasteiger partial charge in [0.1, 0.15) is 6.04 Å². The van der Waals surface area contributed by atoms with E-state index in [1.807, 2.05) is 61.3 Å². The molecule has 1 aliphatic heterocycles. The van der Waals surface area contributed by atoms with E-state index in [2.05, 4.69) is 21.3 Å². The first-order valence-corrected chi connectivity index (χ1v) is 10.3. The Kier molecular flexibility index (Phi) is 7.36. The van der Waals surface area contributed by atoms with Crippen LogP contribution in [0.5, 0.6) is 0 Å². The van der Waals surface area contributed by atoms with Gasteiger partial charge in [-0.05, 0) is 23.1 Å². The van der Waals surface area contributed by atoms with E-state index in [-0.39, 0.29) is 24.2 Å². The van der Waals surface area contributed by atoms with Crippen LogP contribution in [0.3, 0.4) is 0 Å². The second-order valence-corrected chi connectivity index (χ2v) is 7.91. The lowest BCUT2D eigenvalue weighted by molar-refractivity contribution is -0.139. The van der Waals surface area contributed by atoms with Gasteiger partial charge in [-0.1, -0.05) is 50.2 Å². The molecule has 1 N–H and O–H groups in total. The Morgan fingerprint density at radius 1 is 1.00 bits per heavy atom. The van der Waals surface area contributed by atoms with Crippen molar-refractivity contribution in [2.45, 2.75) is 32.9 Å². The summed E-state index contributed by atoms with van der Waals surface area (Å²) >= 11 is 0. The molecule has 154 valence electrons. The van der Waals surface area contributed by atoms with Crippen LogP contribution in [0.25, 0.3) is 0 Å². The number of carbonyl (C=O) groups excluding carboxylic acids is 2. The largest absolute Gasteiger partial charge is 0.344 e. The van der Waals surface area contributed by atoms with Crippen molar-refractivity contribution in [2.75, 3.05) is 26.2 Å². The third kappa shape index (κ3) is 6.12. The van der Waals surface area contributed by atoms with E-state index in [4.69, 9.17) is 0 Å². The lowest BCUT2D eigenvalue weighted by atomic mass is 10.0. The maximum atomic E-state index is 13.1. The first-order chi connectivity index (χ1) is 14.0. The molecule has 2 heterocycles. The molecule has 29 heavy (non-hydrogen) atoms. The molecular weight excluding hydrogens is 364 g/mol. The highest BCUT2D eigenvalue weighted by Gasteiger charge is 2.30. The number of amides is 2. The fraction of sp³-hybridized carbons (Fsp3) is 0.435. The Balaban J connectivity index is 1.52. The molecule has 2 aromatic rings. The van der Waals surface area contributed by atoms with Gasteiger partial charge in [-0.15, -0.1) is 0 Å². The van der Waals surface area contributed by atoms with E-state index in [1.165, 1.54) is 5.56 Å². The minimum absolute atomic E-state index is 0.0161. The molecule has 1 saturated heterocycles. The average Bonchev–Trinajstić information content (AvgIpc) is 2.73. The van der Waals surface area contributed by atoms with Crippen molar-refractivity contribution >= 4 is 11.8 Å². The van der Waals surface area contributed by atoms with Crippen LogP contribution in [-0.4, -0.2) is 58.8 Å². The summed E-state index contributed by atoms with van der Waals surface area (Å²) in [6.45, 7) is 7.80. The zero-order valence-electron chi connectivity index (χ0n) is 17.3. The first-order valence-electron chi connectivity index (χ1n) is 10.3. The maximum absolute atomic E-state index is 13.1. The van der Waals surface area contributed by atoms with Gasteiger partial charge in [-0.3, -0.25) is 19.5 Å². The lowest BCUT2D eigenvalue weighted by Gasteiger charge is -2.37. The lowest BCUT2D eigenvalue weighted by Crippen LogP contribution is -2.56. The highest BCUT2D eigenvalue weighted by Crippen LogP contribution is 2.12. The number of carbonyl (C=O) groups is 2. The summed E-state index contributed by atoms with van der Waals surface area (Å²) in [6, 6.07) is 13.1. The Morgan fingerprint density at radius 2 is 1.69 bits per heavy atom. The highest BCUT2D eigenvalue weighted by molar-refractivity contribution is 5.88. The average molecular weight is 395 g/mol. The zero-order chi connectivity index (χ0) is 20.6. The van der Waals surface area contributed by atoms with E-state index >= 15 is 0 Å². The minimum atomic E-state index is -0.490. The summed E-state index contributed by atoms with van der Waals surface area (Å²) in [5.74, 6) is -0.0588. The van der Waals surface area contributed by atoms with Crippen molar-refractivity contribution < 1.29 is 9.59 Å². The molecule has 1 aromatic carbocycles. The van der Waals surface area contributed by atoms with Crippen LogP contribution in [0.1, 0.15) is 25.0 Å². The van der Waals surface area contributed by atoms with E-state index < -0.39 is 6.04 Å². The molecule has 1 aliphatic rings. The molecule has 0 saturated carbocycles. The number of pyridine rings is 1. The number of hydrogen-bond donors (Lipinski definition) is 1. The summed E-state index contributed by atoms with van der Waals surface area (Å²) in [5, 5.41) is 2.96. The number of benzene rings is 1. The van der Waals surface area contributed by atoms with E-state index in [0.717, 1.165) is 25.2 Å². The number of hydrogen-bond acceptors (Lipinski definition) is 4. The number of rotatable bonds is 7. The molecule has 1 unspecified atom stereocenters. The van der Waals surface area contributed by atoms with Crippen LogP contribution < -0.4 is 5.32 Å². The summed E-state index contributed by atoms with van der Waals surface area (Å²) in [5.41, 5.74) is 2.13. The molecule has 6 nitrogen and oxygen atoms in total. The van der Waals surface area contributed by atoms with Crippen molar-refractivity contribution in [1.29, 1.82) is 0 Å². The van der Waals surface area contributed by atoms with Crippen LogP contribution in [-0.2, 0) is 22.6 Å². The Hall–Kier alpha value is -2.73. The summed E-state index contributed by atoms with van der Waals surface area (Å²) in [4.78, 5) is 33.9. The van der Waals surface area contributed by atoms with Gasteiger partial charge in [-0.25, -0.2) is 0 Å². The first kappa shape index (κ1) is 21.0. The molecule has 6 heteroatoms. The SMILES string of the molecule is CC(C)C(NC(=O)Cc1ccccc1)C(=O)N1CCN(Cc2cccnc2)CC1. The second kappa shape index (κ2) is 10.2. The zero-order valence-corrected chi connectivity index (χ0v) is 17.3. The second-order valence-electron chi connectivity index (χ2n) is 7.91. The third-order valence-electron chi connectivity index (χ3n) is 5.27. The smallest absolute Gasteiger partial charge is 0.245 e. The van der Waals surface area contributed by atoms with Crippen LogP contribution >= 0.6 is 0 Å². The van der Waals surface area contributed by atoms with Crippen molar-refractivity contribution in [3.8, 4) is 0 Å². The molecule has 1 fully saturated rings. The summed E-state index contributed by atoms with van der Waals surface area (Å²) in [6.07, 6.45) is 3.95. The fourth-order valence-corrected chi connectivity index (χ4v) is 3.59. The Bertz CT molecular complexity index is 787. The Morgan fingerprint density at radius 3 is 2.31 bits per heavy atom. The van der Waals surface area contributed by atoms with E-state index in [9.17, 15) is 9.59 Å². The molecular formula is C23H30N4O2. The summed E-state index contributed by atoms with van der Waals surface area (Å²) in [7, 11) is 0. The van der Waals surface area contributed by atoms with E-state index in [1.54, 1.807) is 6.20 Å². The molecule has 0 spiro atoms. The van der Waals surface area contributed by atoms with Crippen molar-refractivity contribution in [2.24, 2.45) is 5.92 Å². The molecule has 3 rings (SSSR count). The fourth-order valence-electron chi connectivity index (χ4n) is 3.59. The van der Waals surface area contributed by atoms with Crippen molar-refractivity contribution in [3.05, 3.63) is 66.0 Å². The predicted octanol–water partition coefficient (Wildman–Crippen LogP) is 2.11. The molecule has 2 amide bonds. The van der Waals surface area contributed by atoms with Crippen LogP contribution in [0.2, 0.25) is 0 Å². The van der Waals surface area contributed by atoms with Gasteiger partial charge in [-0.2, -0.15) is 0 Å². The quantitative estimate of drug-likeness (QED) is 0.781. The highest BCUT2D eigenvalue weighted by atomic mass is 16.2. The van der Waals surface area contributed by atoms with Crippen molar-refractivity contribution in [3.63, 3.8) is 0 Å². The van der Waals surface area contributed by atoms with Gasteiger partial charge in [0.25, 0.3) is 0 Å². The molecule has 1 aromatic heterocycles. The van der Waals surface area contributed by atoms with Crippen LogP contribution in [0.4, 0.5) is 0 Å². The van der Waals surface area contributed by atoms with Gasteiger partial charge < -0.3 is 10.2 Å². The molecule has 0 aliphatic carbocycles. The monoisotopic (exact) mass is 394 g/mol. The predicted molar refractivity (Wildman–Crippen MR) is 113 cm³/mol. The number of nitrogens with zero attached hydrogens (tertiary/aromatic N) is 3. The van der Waals surface area contributed by atoms with Crippen LogP contribution in [0, 0.1) is 5.92 Å². The van der Waals surface area contributed by atoms with Gasteiger partial charge in [0, 0.05) is 45.1 Å². The maximum Gasteiger partial charge on any atom is 0.245 e. The minimum Gasteiger partial charge on any atom is -0.344 e. The Labute approximate surface area is 172 Å². The number of nitrogens with one attached hydrogen (secondary N) is 1. The van der Waals surface area contributed by atoms with Crippen molar-refractivity contribution in [1.82, 2.24) is 20.1 Å². The van der Waals surface area contributed by atoms with Gasteiger partial charge in [0.05, 0.1) is 6.42 Å². The molecule has 0 radical (unpaired) electrons. The standard InChI is InChI=1S/C23H30N4O2/c1-18(2)22(25-21(28)15-19-7-4-3-5-8-19)23(29)27-13-11-26(12-14-27)17-20-9-6-10-24-16-20/h3-10,16,18,22H,11-15,17H2,1-2H3,(H,25,28). The molecule has 1 atom stereocenters. The topological polar surface area (TPSA) is 65.5 Å². The van der Waals surface area contributed by atoms with Gasteiger partial charge >= 0.3 is 0 Å². The number of piperazine rings is 1. The van der Waals surface area contributed by atoms with Gasteiger partial charge in [0.2, 0.25) is 11.8 Å².